The summed E-state index contributed by atoms with van der Waals surface area (Å²) in [5.74, 6) is -0.188. The maximum absolute atomic E-state index is 13.1. The second kappa shape index (κ2) is 6.99. The monoisotopic (exact) mass is 354 g/mol. The van der Waals surface area contributed by atoms with Gasteiger partial charge in [0.2, 0.25) is 5.91 Å². The van der Waals surface area contributed by atoms with E-state index < -0.39 is 0 Å². The summed E-state index contributed by atoms with van der Waals surface area (Å²) in [4.78, 5) is 35.8. The van der Waals surface area contributed by atoms with Crippen LogP contribution in [0.4, 0.5) is 0 Å². The van der Waals surface area contributed by atoms with Gasteiger partial charge < -0.3 is 15.0 Å². The van der Waals surface area contributed by atoms with E-state index in [1.165, 1.54) is 6.20 Å². The summed E-state index contributed by atoms with van der Waals surface area (Å²) in [6, 6.07) is 7.40. The van der Waals surface area contributed by atoms with E-state index in [4.69, 9.17) is 4.74 Å². The van der Waals surface area contributed by atoms with Crippen LogP contribution in [0.1, 0.15) is 29.8 Å². The number of fused-ring (bicyclic) bond motifs is 2. The highest BCUT2D eigenvalue weighted by Crippen LogP contribution is 2.33. The van der Waals surface area contributed by atoms with E-state index in [0.717, 1.165) is 18.4 Å². The zero-order chi connectivity index (χ0) is 18.1. The van der Waals surface area contributed by atoms with Crippen molar-refractivity contribution >= 4 is 22.8 Å². The Morgan fingerprint density at radius 3 is 2.85 bits per heavy atom. The van der Waals surface area contributed by atoms with Gasteiger partial charge in [0, 0.05) is 19.5 Å². The fourth-order valence-electron chi connectivity index (χ4n) is 4.01. The zero-order valence-electron chi connectivity index (χ0n) is 14.7. The van der Waals surface area contributed by atoms with Crippen LogP contribution in [-0.4, -0.2) is 59.0 Å². The van der Waals surface area contributed by atoms with Crippen LogP contribution >= 0.6 is 0 Å². The number of hydrogen-bond donors (Lipinski definition) is 1. The molecule has 0 spiro atoms. The van der Waals surface area contributed by atoms with Gasteiger partial charge in [-0.25, -0.2) is 4.98 Å². The number of hydrogen-bond acceptors (Lipinski definition) is 5. The highest BCUT2D eigenvalue weighted by Gasteiger charge is 2.42. The number of nitrogens with zero attached hydrogens (tertiary/aromatic N) is 3. The molecule has 1 aromatic heterocycles. The molecule has 2 amide bonds. The van der Waals surface area contributed by atoms with E-state index in [-0.39, 0.29) is 29.9 Å². The van der Waals surface area contributed by atoms with Crippen molar-refractivity contribution in [3.8, 4) is 0 Å². The van der Waals surface area contributed by atoms with Gasteiger partial charge in [0.25, 0.3) is 5.91 Å². The summed E-state index contributed by atoms with van der Waals surface area (Å²) in [5, 5.41) is 2.72. The quantitative estimate of drug-likeness (QED) is 0.881. The Hall–Kier alpha value is -2.54. The Morgan fingerprint density at radius 2 is 2.04 bits per heavy atom. The number of nitrogens with one attached hydrogen (secondary N) is 1. The number of aromatic nitrogens is 2. The average molecular weight is 354 g/mol. The first-order valence-electron chi connectivity index (χ1n) is 9.03. The first kappa shape index (κ1) is 16.9. The molecule has 0 bridgehead atoms. The molecule has 1 aromatic carbocycles. The minimum Gasteiger partial charge on any atom is -0.374 e. The van der Waals surface area contributed by atoms with Gasteiger partial charge >= 0.3 is 0 Å². The van der Waals surface area contributed by atoms with Gasteiger partial charge in [-0.1, -0.05) is 12.1 Å². The van der Waals surface area contributed by atoms with E-state index in [0.29, 0.717) is 30.8 Å². The summed E-state index contributed by atoms with van der Waals surface area (Å²) >= 11 is 0. The van der Waals surface area contributed by atoms with Crippen LogP contribution in [0.25, 0.3) is 11.0 Å². The van der Waals surface area contributed by atoms with Gasteiger partial charge in [-0.05, 0) is 31.4 Å². The van der Waals surface area contributed by atoms with Crippen molar-refractivity contribution in [3.63, 3.8) is 0 Å². The summed E-state index contributed by atoms with van der Waals surface area (Å²) in [5.41, 5.74) is 1.81. The van der Waals surface area contributed by atoms with Crippen molar-refractivity contribution in [2.24, 2.45) is 5.92 Å². The zero-order valence-corrected chi connectivity index (χ0v) is 14.7. The fourth-order valence-corrected chi connectivity index (χ4v) is 4.01. The minimum absolute atomic E-state index is 0.0120. The molecule has 3 atom stereocenters. The predicted octanol–water partition coefficient (Wildman–Crippen LogP) is 1.39. The first-order chi connectivity index (χ1) is 12.7. The van der Waals surface area contributed by atoms with Crippen LogP contribution in [-0.2, 0) is 9.53 Å². The van der Waals surface area contributed by atoms with Crippen LogP contribution in [0.2, 0.25) is 0 Å². The van der Waals surface area contributed by atoms with Crippen molar-refractivity contribution in [2.45, 2.75) is 31.4 Å². The van der Waals surface area contributed by atoms with Crippen LogP contribution in [0.5, 0.6) is 0 Å². The number of morpholine rings is 1. The molecule has 1 aliphatic heterocycles. The van der Waals surface area contributed by atoms with Crippen molar-refractivity contribution in [1.29, 1.82) is 0 Å². The Morgan fingerprint density at radius 1 is 1.23 bits per heavy atom. The lowest BCUT2D eigenvalue weighted by Gasteiger charge is -2.45. The standard InChI is InChI=1S/C19H22N4O3/c1-20-18(24)12-6-7-17-16(10-12)23(8-9-26-17)19(25)15-11-21-13-4-2-3-5-14(13)22-15/h2-5,11-12,16-17H,6-10H2,1H3,(H,20,24)/t12-,16+,17+/m0/s1. The SMILES string of the molecule is CNC(=O)[C@H]1CC[C@H]2OCCN(C(=O)c3cnc4ccccc4n3)[C@@H]2C1. The molecule has 2 aliphatic rings. The van der Waals surface area contributed by atoms with Crippen LogP contribution < -0.4 is 5.32 Å². The van der Waals surface area contributed by atoms with Gasteiger partial charge in [0.05, 0.1) is 36.0 Å². The second-order valence-corrected chi connectivity index (χ2v) is 6.84. The Bertz CT molecular complexity index is 840. The van der Waals surface area contributed by atoms with Gasteiger partial charge in [-0.15, -0.1) is 0 Å². The molecule has 4 rings (SSSR count). The van der Waals surface area contributed by atoms with E-state index in [2.05, 4.69) is 15.3 Å². The lowest BCUT2D eigenvalue weighted by atomic mass is 9.81. The van der Waals surface area contributed by atoms with Gasteiger partial charge in [0.1, 0.15) is 5.69 Å². The Balaban J connectivity index is 1.59. The van der Waals surface area contributed by atoms with Gasteiger partial charge in [-0.2, -0.15) is 0 Å². The highest BCUT2D eigenvalue weighted by molar-refractivity contribution is 5.94. The fraction of sp³-hybridized carbons (Fsp3) is 0.474. The molecule has 1 N–H and O–H groups in total. The number of carbonyl (C=O) groups excluding carboxylic acids is 2. The molecule has 1 saturated heterocycles. The molecule has 0 radical (unpaired) electrons. The second-order valence-electron chi connectivity index (χ2n) is 6.84. The Kier molecular flexibility index (Phi) is 4.55. The first-order valence-corrected chi connectivity index (χ1v) is 9.03. The largest absolute Gasteiger partial charge is 0.374 e. The normalized spacial score (nSPS) is 25.6. The van der Waals surface area contributed by atoms with Crippen molar-refractivity contribution in [1.82, 2.24) is 20.2 Å². The molecular weight excluding hydrogens is 332 g/mol. The third kappa shape index (κ3) is 3.03. The summed E-state index contributed by atoms with van der Waals surface area (Å²) < 4.78 is 5.87. The summed E-state index contributed by atoms with van der Waals surface area (Å²) in [7, 11) is 1.65. The number of benzene rings is 1. The van der Waals surface area contributed by atoms with Gasteiger partial charge in [-0.3, -0.25) is 14.6 Å². The lowest BCUT2D eigenvalue weighted by molar-refractivity contribution is -0.131. The molecule has 2 heterocycles. The number of amides is 2. The van der Waals surface area contributed by atoms with E-state index in [1.807, 2.05) is 29.2 Å². The number of para-hydroxylation sites is 2. The van der Waals surface area contributed by atoms with E-state index in [9.17, 15) is 9.59 Å². The van der Waals surface area contributed by atoms with Crippen LogP contribution in [0, 0.1) is 5.92 Å². The molecule has 136 valence electrons. The van der Waals surface area contributed by atoms with E-state index >= 15 is 0 Å². The molecular formula is C19H22N4O3. The van der Waals surface area contributed by atoms with E-state index in [1.54, 1.807) is 7.05 Å². The van der Waals surface area contributed by atoms with Gasteiger partial charge in [0.15, 0.2) is 0 Å². The molecule has 1 saturated carbocycles. The molecule has 0 unspecified atom stereocenters. The molecule has 26 heavy (non-hydrogen) atoms. The summed E-state index contributed by atoms with van der Waals surface area (Å²) in [6.45, 7) is 1.02. The third-order valence-electron chi connectivity index (χ3n) is 5.36. The highest BCUT2D eigenvalue weighted by atomic mass is 16.5. The topological polar surface area (TPSA) is 84.4 Å². The smallest absolute Gasteiger partial charge is 0.274 e. The molecule has 7 heteroatoms. The minimum atomic E-state index is -0.140. The van der Waals surface area contributed by atoms with Crippen LogP contribution in [0.15, 0.2) is 30.5 Å². The Labute approximate surface area is 151 Å². The molecule has 2 aromatic rings. The molecule has 2 fully saturated rings. The number of ether oxygens (including phenoxy) is 1. The van der Waals surface area contributed by atoms with Crippen molar-refractivity contribution in [3.05, 3.63) is 36.2 Å². The molecule has 7 nitrogen and oxygen atoms in total. The van der Waals surface area contributed by atoms with Crippen molar-refractivity contribution in [2.75, 3.05) is 20.2 Å². The van der Waals surface area contributed by atoms with Crippen molar-refractivity contribution < 1.29 is 14.3 Å². The maximum atomic E-state index is 13.1. The predicted molar refractivity (Wildman–Crippen MR) is 95.5 cm³/mol. The number of carbonyl (C=O) groups is 2. The summed E-state index contributed by atoms with van der Waals surface area (Å²) in [6.07, 6.45) is 3.72. The maximum Gasteiger partial charge on any atom is 0.274 e. The lowest BCUT2D eigenvalue weighted by Crippen LogP contribution is -2.57. The number of rotatable bonds is 2. The average Bonchev–Trinajstić information content (AvgIpc) is 2.71. The van der Waals surface area contributed by atoms with Crippen LogP contribution in [0.3, 0.4) is 0 Å². The molecule has 1 aliphatic carbocycles. The third-order valence-corrected chi connectivity index (χ3v) is 5.36.